The Morgan fingerprint density at radius 2 is 2.11 bits per heavy atom. The van der Waals surface area contributed by atoms with E-state index in [0.717, 1.165) is 31.6 Å². The van der Waals surface area contributed by atoms with Gasteiger partial charge in [0.2, 0.25) is 5.91 Å². The second kappa shape index (κ2) is 7.14. The van der Waals surface area contributed by atoms with Crippen molar-refractivity contribution in [3.8, 4) is 0 Å². The minimum Gasteiger partial charge on any atom is -0.480 e. The Bertz CT molecular complexity index is 331. The van der Waals surface area contributed by atoms with E-state index in [1.165, 1.54) is 11.3 Å². The number of carboxylic acid groups (broad SMARTS) is 1. The maximum absolute atomic E-state index is 12.0. The number of nitrogens with zero attached hydrogens (tertiary/aromatic N) is 1. The summed E-state index contributed by atoms with van der Waals surface area (Å²) in [6, 6.07) is -0.612. The van der Waals surface area contributed by atoms with Crippen molar-refractivity contribution < 1.29 is 19.4 Å². The van der Waals surface area contributed by atoms with Crippen LogP contribution in [0.5, 0.6) is 0 Å². The molecule has 1 N–H and O–H groups in total. The van der Waals surface area contributed by atoms with E-state index in [9.17, 15) is 9.59 Å². The van der Waals surface area contributed by atoms with E-state index in [1.54, 1.807) is 11.8 Å². The number of aliphatic carboxylic acids is 1. The fourth-order valence-corrected chi connectivity index (χ4v) is 3.61. The first-order valence-corrected chi connectivity index (χ1v) is 8.05. The zero-order chi connectivity index (χ0) is 13.7. The van der Waals surface area contributed by atoms with Crippen LogP contribution >= 0.6 is 11.8 Å². The number of likely N-dealkylation sites (tertiary alicyclic amines) is 1. The highest BCUT2D eigenvalue weighted by Gasteiger charge is 2.33. The molecule has 108 valence electrons. The van der Waals surface area contributed by atoms with E-state index in [4.69, 9.17) is 9.84 Å². The second-order valence-corrected chi connectivity index (χ2v) is 6.12. The minimum absolute atomic E-state index is 0.0503. The molecule has 0 aromatic heterocycles. The van der Waals surface area contributed by atoms with Crippen LogP contribution in [0.4, 0.5) is 0 Å². The Kier molecular flexibility index (Phi) is 5.51. The van der Waals surface area contributed by atoms with E-state index in [-0.39, 0.29) is 12.0 Å². The summed E-state index contributed by atoms with van der Waals surface area (Å²) >= 11 is 1.56. The summed E-state index contributed by atoms with van der Waals surface area (Å²) in [4.78, 5) is 24.5. The Hall–Kier alpha value is -0.750. The van der Waals surface area contributed by atoms with Crippen molar-refractivity contribution in [3.63, 3.8) is 0 Å². The van der Waals surface area contributed by atoms with Crippen LogP contribution < -0.4 is 0 Å². The first kappa shape index (κ1) is 14.7. The van der Waals surface area contributed by atoms with Gasteiger partial charge in [-0.15, -0.1) is 11.8 Å². The molecule has 2 aliphatic heterocycles. The highest BCUT2D eigenvalue weighted by atomic mass is 32.2. The maximum Gasteiger partial charge on any atom is 0.326 e. The summed E-state index contributed by atoms with van der Waals surface area (Å²) in [7, 11) is 0. The number of amides is 1. The Morgan fingerprint density at radius 3 is 2.79 bits per heavy atom. The molecule has 2 atom stereocenters. The predicted molar refractivity (Wildman–Crippen MR) is 73.3 cm³/mol. The van der Waals surface area contributed by atoms with Crippen molar-refractivity contribution in [2.45, 2.75) is 44.2 Å². The van der Waals surface area contributed by atoms with Gasteiger partial charge in [-0.2, -0.15) is 0 Å². The quantitative estimate of drug-likeness (QED) is 0.827. The molecule has 1 unspecified atom stereocenters. The summed E-state index contributed by atoms with van der Waals surface area (Å²) in [6.07, 6.45) is 5.04. The Morgan fingerprint density at radius 1 is 1.26 bits per heavy atom. The summed E-state index contributed by atoms with van der Waals surface area (Å²) < 4.78 is 5.60. The molecule has 2 rings (SSSR count). The largest absolute Gasteiger partial charge is 0.480 e. The van der Waals surface area contributed by atoms with E-state index in [2.05, 4.69) is 0 Å². The molecule has 1 amide bonds. The van der Waals surface area contributed by atoms with Crippen molar-refractivity contribution >= 4 is 23.6 Å². The SMILES string of the molecule is O=C(O)[C@@H]1CCCN1C(=O)CSCC1CCCCO1. The Balaban J connectivity index is 1.70. The number of carbonyl (C=O) groups excluding carboxylic acids is 1. The molecule has 2 aliphatic rings. The van der Waals surface area contributed by atoms with Crippen molar-refractivity contribution in [2.75, 3.05) is 24.7 Å². The second-order valence-electron chi connectivity index (χ2n) is 5.09. The maximum atomic E-state index is 12.0. The summed E-state index contributed by atoms with van der Waals surface area (Å²) in [5.41, 5.74) is 0. The van der Waals surface area contributed by atoms with Crippen molar-refractivity contribution in [3.05, 3.63) is 0 Å². The molecule has 5 nitrogen and oxygen atoms in total. The molecule has 0 bridgehead atoms. The van der Waals surface area contributed by atoms with Crippen LogP contribution in [0.15, 0.2) is 0 Å². The zero-order valence-corrected chi connectivity index (χ0v) is 11.9. The lowest BCUT2D eigenvalue weighted by molar-refractivity contribution is -0.147. The van der Waals surface area contributed by atoms with E-state index in [0.29, 0.717) is 18.7 Å². The van der Waals surface area contributed by atoms with Gasteiger partial charge in [-0.3, -0.25) is 4.79 Å². The van der Waals surface area contributed by atoms with Gasteiger partial charge in [0.25, 0.3) is 0 Å². The van der Waals surface area contributed by atoms with Gasteiger partial charge in [-0.25, -0.2) is 4.79 Å². The van der Waals surface area contributed by atoms with Gasteiger partial charge >= 0.3 is 5.97 Å². The molecular formula is C13H21NO4S. The fourth-order valence-electron chi connectivity index (χ4n) is 2.62. The van der Waals surface area contributed by atoms with Gasteiger partial charge in [0.1, 0.15) is 6.04 Å². The standard InChI is InChI=1S/C13H21NO4S/c15-12(14-6-3-5-11(14)13(16)17)9-19-8-10-4-1-2-7-18-10/h10-11H,1-9H2,(H,16,17)/t10?,11-/m0/s1. The van der Waals surface area contributed by atoms with Crippen LogP contribution in [0.3, 0.4) is 0 Å². The lowest BCUT2D eigenvalue weighted by atomic mass is 10.1. The number of carboxylic acids is 1. The monoisotopic (exact) mass is 287 g/mol. The predicted octanol–water partition coefficient (Wildman–Crippen LogP) is 1.36. The molecule has 0 spiro atoms. The Labute approximate surface area is 117 Å². The molecule has 0 radical (unpaired) electrons. The number of rotatable bonds is 5. The first-order chi connectivity index (χ1) is 9.18. The molecular weight excluding hydrogens is 266 g/mol. The van der Waals surface area contributed by atoms with Crippen molar-refractivity contribution in [2.24, 2.45) is 0 Å². The molecule has 2 saturated heterocycles. The van der Waals surface area contributed by atoms with Gasteiger partial charge < -0.3 is 14.7 Å². The summed E-state index contributed by atoms with van der Waals surface area (Å²) in [5, 5.41) is 9.04. The zero-order valence-electron chi connectivity index (χ0n) is 11.0. The third-order valence-electron chi connectivity index (χ3n) is 3.66. The van der Waals surface area contributed by atoms with Crippen molar-refractivity contribution in [1.29, 1.82) is 0 Å². The first-order valence-electron chi connectivity index (χ1n) is 6.90. The fraction of sp³-hybridized carbons (Fsp3) is 0.846. The van der Waals surface area contributed by atoms with Crippen LogP contribution in [0.25, 0.3) is 0 Å². The number of hydrogen-bond donors (Lipinski definition) is 1. The number of hydrogen-bond acceptors (Lipinski definition) is 4. The molecule has 0 aromatic rings. The van der Waals surface area contributed by atoms with Crippen LogP contribution in [0.2, 0.25) is 0 Å². The van der Waals surface area contributed by atoms with Gasteiger partial charge in [-0.1, -0.05) is 0 Å². The van der Waals surface area contributed by atoms with Gasteiger partial charge in [0, 0.05) is 18.9 Å². The van der Waals surface area contributed by atoms with E-state index < -0.39 is 12.0 Å². The van der Waals surface area contributed by atoms with E-state index in [1.807, 2.05) is 0 Å². The lowest BCUT2D eigenvalue weighted by Gasteiger charge is -2.23. The number of thioether (sulfide) groups is 1. The molecule has 0 saturated carbocycles. The third kappa shape index (κ3) is 4.11. The van der Waals surface area contributed by atoms with Gasteiger partial charge in [0.05, 0.1) is 11.9 Å². The normalized spacial score (nSPS) is 27.5. The summed E-state index contributed by atoms with van der Waals surface area (Å²) in [5.74, 6) is 0.262. The topological polar surface area (TPSA) is 66.8 Å². The van der Waals surface area contributed by atoms with Gasteiger partial charge in [0.15, 0.2) is 0 Å². The molecule has 2 heterocycles. The molecule has 0 aliphatic carbocycles. The van der Waals surface area contributed by atoms with Crippen LogP contribution in [-0.4, -0.2) is 58.7 Å². The average Bonchev–Trinajstić information content (AvgIpc) is 2.89. The minimum atomic E-state index is -0.883. The van der Waals surface area contributed by atoms with Crippen LogP contribution in [0.1, 0.15) is 32.1 Å². The van der Waals surface area contributed by atoms with E-state index >= 15 is 0 Å². The van der Waals surface area contributed by atoms with Gasteiger partial charge in [-0.05, 0) is 32.1 Å². The molecule has 6 heteroatoms. The number of ether oxygens (including phenoxy) is 1. The third-order valence-corrected chi connectivity index (χ3v) is 4.72. The number of carbonyl (C=O) groups is 2. The lowest BCUT2D eigenvalue weighted by Crippen LogP contribution is -2.41. The van der Waals surface area contributed by atoms with Crippen molar-refractivity contribution in [1.82, 2.24) is 4.90 Å². The van der Waals surface area contributed by atoms with Crippen LogP contribution in [0, 0.1) is 0 Å². The average molecular weight is 287 g/mol. The smallest absolute Gasteiger partial charge is 0.326 e. The summed E-state index contributed by atoms with van der Waals surface area (Å²) in [6.45, 7) is 1.41. The van der Waals surface area contributed by atoms with Crippen LogP contribution in [-0.2, 0) is 14.3 Å². The molecule has 0 aromatic carbocycles. The molecule has 2 fully saturated rings. The molecule has 19 heavy (non-hydrogen) atoms. The highest BCUT2D eigenvalue weighted by Crippen LogP contribution is 2.21. The highest BCUT2D eigenvalue weighted by molar-refractivity contribution is 7.99.